The van der Waals surface area contributed by atoms with E-state index in [0.29, 0.717) is 12.5 Å². The number of unbranched alkanes of at least 4 members (excludes halogenated alkanes) is 9. The SMILES string of the molecule is CCCCCCCCCCCCC(C(=O)OCC(C)CCS)C(S)C=S. The zero-order chi connectivity index (χ0) is 19.6. The summed E-state index contributed by atoms with van der Waals surface area (Å²) in [5.41, 5.74) is 0. The number of hydrogen-bond donors (Lipinski definition) is 2. The maximum Gasteiger partial charge on any atom is 0.310 e. The Bertz CT molecular complexity index is 350. The smallest absolute Gasteiger partial charge is 0.310 e. The third kappa shape index (κ3) is 14.3. The van der Waals surface area contributed by atoms with Crippen LogP contribution >= 0.6 is 37.5 Å². The predicted molar refractivity (Wildman–Crippen MR) is 125 cm³/mol. The zero-order valence-electron chi connectivity index (χ0n) is 16.8. The van der Waals surface area contributed by atoms with Crippen LogP contribution in [0.15, 0.2) is 0 Å². The normalized spacial score (nSPS) is 14.6. The minimum absolute atomic E-state index is 0.145. The average Bonchev–Trinajstić information content (AvgIpc) is 2.64. The number of carbonyl (C=O) groups is 1. The van der Waals surface area contributed by atoms with Crippen LogP contribution in [0, 0.1) is 11.8 Å². The summed E-state index contributed by atoms with van der Waals surface area (Å²) in [5, 5.41) is 1.39. The van der Waals surface area contributed by atoms with Gasteiger partial charge >= 0.3 is 5.97 Å². The molecule has 0 saturated heterocycles. The lowest BCUT2D eigenvalue weighted by Gasteiger charge is -2.20. The fourth-order valence-electron chi connectivity index (χ4n) is 3.01. The van der Waals surface area contributed by atoms with Crippen LogP contribution in [-0.4, -0.2) is 28.9 Å². The molecule has 2 nitrogen and oxygen atoms in total. The lowest BCUT2D eigenvalue weighted by molar-refractivity contribution is -0.149. The van der Waals surface area contributed by atoms with E-state index < -0.39 is 0 Å². The van der Waals surface area contributed by atoms with Gasteiger partial charge in [-0.3, -0.25) is 4.79 Å². The largest absolute Gasteiger partial charge is 0.465 e. The molecule has 0 aliphatic heterocycles. The molecule has 0 radical (unpaired) electrons. The molecule has 3 unspecified atom stereocenters. The maximum absolute atomic E-state index is 12.4. The van der Waals surface area contributed by atoms with Crippen molar-refractivity contribution in [1.29, 1.82) is 0 Å². The molecule has 0 saturated carbocycles. The molecule has 0 fully saturated rings. The monoisotopic (exact) mass is 420 g/mol. The van der Waals surface area contributed by atoms with Gasteiger partial charge in [-0.25, -0.2) is 0 Å². The first-order chi connectivity index (χ1) is 12.6. The molecule has 0 aromatic carbocycles. The van der Waals surface area contributed by atoms with Crippen molar-refractivity contribution in [3.63, 3.8) is 0 Å². The molecule has 0 bridgehead atoms. The van der Waals surface area contributed by atoms with Crippen LogP contribution in [0.5, 0.6) is 0 Å². The van der Waals surface area contributed by atoms with E-state index in [1.807, 2.05) is 0 Å². The van der Waals surface area contributed by atoms with Gasteiger partial charge in [-0.15, -0.1) is 0 Å². The fourth-order valence-corrected chi connectivity index (χ4v) is 3.91. The van der Waals surface area contributed by atoms with Gasteiger partial charge in [-0.2, -0.15) is 25.3 Å². The van der Waals surface area contributed by atoms with Crippen molar-refractivity contribution in [2.24, 2.45) is 11.8 Å². The number of esters is 1. The van der Waals surface area contributed by atoms with Gasteiger partial charge in [0.05, 0.1) is 12.5 Å². The van der Waals surface area contributed by atoms with Crippen LogP contribution in [0.4, 0.5) is 0 Å². The first-order valence-electron chi connectivity index (χ1n) is 10.5. The highest BCUT2D eigenvalue weighted by Gasteiger charge is 2.25. The van der Waals surface area contributed by atoms with Gasteiger partial charge in [-0.05, 0) is 29.9 Å². The molecule has 154 valence electrons. The Hall–Kier alpha value is 0.260. The number of ether oxygens (including phenoxy) is 1. The van der Waals surface area contributed by atoms with Crippen LogP contribution in [0.3, 0.4) is 0 Å². The average molecular weight is 421 g/mol. The summed E-state index contributed by atoms with van der Waals surface area (Å²) in [6, 6.07) is 0. The minimum Gasteiger partial charge on any atom is -0.465 e. The molecule has 0 N–H and O–H groups in total. The summed E-state index contributed by atoms with van der Waals surface area (Å²) < 4.78 is 5.50. The summed E-state index contributed by atoms with van der Waals surface area (Å²) in [5.74, 6) is 0.803. The molecule has 0 amide bonds. The van der Waals surface area contributed by atoms with Crippen molar-refractivity contribution in [3.8, 4) is 0 Å². The van der Waals surface area contributed by atoms with Gasteiger partial charge < -0.3 is 4.74 Å². The number of rotatable bonds is 18. The lowest BCUT2D eigenvalue weighted by Crippen LogP contribution is -2.28. The Morgan fingerprint density at radius 3 is 2.04 bits per heavy atom. The van der Waals surface area contributed by atoms with E-state index in [1.165, 1.54) is 57.8 Å². The third-order valence-corrected chi connectivity index (χ3v) is 6.12. The lowest BCUT2D eigenvalue weighted by atomic mass is 9.97. The molecule has 26 heavy (non-hydrogen) atoms. The molecular formula is C21H40O2S3. The van der Waals surface area contributed by atoms with Gasteiger partial charge in [0.25, 0.3) is 0 Å². The highest BCUT2D eigenvalue weighted by molar-refractivity contribution is 7.85. The molecule has 5 heteroatoms. The van der Waals surface area contributed by atoms with E-state index in [4.69, 9.17) is 17.0 Å². The van der Waals surface area contributed by atoms with Gasteiger partial charge in [0.15, 0.2) is 0 Å². The summed E-state index contributed by atoms with van der Waals surface area (Å²) in [6.07, 6.45) is 14.7. The van der Waals surface area contributed by atoms with Crippen molar-refractivity contribution in [2.45, 2.75) is 96.1 Å². The first kappa shape index (κ1) is 26.3. The van der Waals surface area contributed by atoms with Crippen molar-refractivity contribution in [3.05, 3.63) is 0 Å². The van der Waals surface area contributed by atoms with E-state index in [2.05, 4.69) is 39.1 Å². The second-order valence-electron chi connectivity index (χ2n) is 7.45. The predicted octanol–water partition coefficient (Wildman–Crippen LogP) is 6.71. The zero-order valence-corrected chi connectivity index (χ0v) is 19.4. The van der Waals surface area contributed by atoms with Crippen molar-refractivity contribution >= 4 is 48.8 Å². The number of carbonyl (C=O) groups excluding carboxylic acids is 1. The van der Waals surface area contributed by atoms with Gasteiger partial charge in [0, 0.05) is 5.25 Å². The Labute approximate surface area is 178 Å². The van der Waals surface area contributed by atoms with E-state index in [0.717, 1.165) is 25.0 Å². The number of hydrogen-bond acceptors (Lipinski definition) is 5. The van der Waals surface area contributed by atoms with Gasteiger partial charge in [0.2, 0.25) is 0 Å². The molecule has 0 aromatic rings. The van der Waals surface area contributed by atoms with Crippen LogP contribution in [0.2, 0.25) is 0 Å². The van der Waals surface area contributed by atoms with E-state index in [1.54, 1.807) is 5.37 Å². The number of thiocarbonyl (C=S) groups is 1. The van der Waals surface area contributed by atoms with Crippen LogP contribution in [-0.2, 0) is 9.53 Å². The Morgan fingerprint density at radius 2 is 1.54 bits per heavy atom. The van der Waals surface area contributed by atoms with Crippen molar-refractivity contribution in [1.82, 2.24) is 0 Å². The van der Waals surface area contributed by atoms with E-state index in [9.17, 15) is 4.79 Å². The van der Waals surface area contributed by atoms with Crippen LogP contribution in [0.1, 0.15) is 90.9 Å². The highest BCUT2D eigenvalue weighted by Crippen LogP contribution is 2.21. The third-order valence-electron chi connectivity index (χ3n) is 4.86. The topological polar surface area (TPSA) is 26.3 Å². The summed E-state index contributed by atoms with van der Waals surface area (Å²) in [7, 11) is 0. The van der Waals surface area contributed by atoms with E-state index >= 15 is 0 Å². The van der Waals surface area contributed by atoms with Crippen LogP contribution in [0.25, 0.3) is 0 Å². The Kier molecular flexibility index (Phi) is 18.8. The molecule has 3 atom stereocenters. The Morgan fingerprint density at radius 1 is 1.00 bits per heavy atom. The molecule has 0 spiro atoms. The molecule has 0 aliphatic rings. The minimum atomic E-state index is -0.215. The molecule has 0 heterocycles. The maximum atomic E-state index is 12.4. The van der Waals surface area contributed by atoms with E-state index in [-0.39, 0.29) is 17.1 Å². The molecule has 0 aliphatic carbocycles. The quantitative estimate of drug-likeness (QED) is 0.112. The summed E-state index contributed by atoms with van der Waals surface area (Å²) in [6.45, 7) is 4.80. The summed E-state index contributed by atoms with van der Waals surface area (Å²) in [4.78, 5) is 12.4. The van der Waals surface area contributed by atoms with Crippen LogP contribution < -0.4 is 0 Å². The second-order valence-corrected chi connectivity index (χ2v) is 8.77. The second kappa shape index (κ2) is 18.6. The molecular weight excluding hydrogens is 380 g/mol. The van der Waals surface area contributed by atoms with Gasteiger partial charge in [0.1, 0.15) is 0 Å². The summed E-state index contributed by atoms with van der Waals surface area (Å²) >= 11 is 13.7. The number of thiol groups is 2. The van der Waals surface area contributed by atoms with Crippen molar-refractivity contribution in [2.75, 3.05) is 12.4 Å². The fraction of sp³-hybridized carbons (Fsp3) is 0.905. The first-order valence-corrected chi connectivity index (χ1v) is 12.1. The highest BCUT2D eigenvalue weighted by atomic mass is 32.1. The molecule has 0 rings (SSSR count). The van der Waals surface area contributed by atoms with Crippen molar-refractivity contribution < 1.29 is 9.53 Å². The Balaban J connectivity index is 3.93. The molecule has 0 aromatic heterocycles. The standard InChI is InChI=1S/C21H40O2S3/c1-3-4-5-6-7-8-9-10-11-12-13-19(20(26)17-25)21(22)23-16-18(2)14-15-24/h17-20,24,26H,3-16H2,1-2H3. The van der Waals surface area contributed by atoms with Gasteiger partial charge in [-0.1, -0.05) is 90.3 Å².